The molecule has 1 aliphatic heterocycles. The van der Waals surface area contributed by atoms with E-state index in [4.69, 9.17) is 10.5 Å². The second kappa shape index (κ2) is 6.71. The Balaban J connectivity index is 2.23. The number of Topliss-reactive ketones (excluding diaryl/α,β-unsaturated/α-hetero) is 1. The summed E-state index contributed by atoms with van der Waals surface area (Å²) < 4.78 is 5.18. The SMILES string of the molecule is COc1cc(C(=O)C2CCN(C(=O)O)C(C(C)(C)C)C2)ccc1N. The molecule has 1 heterocycles. The van der Waals surface area contributed by atoms with E-state index in [-0.39, 0.29) is 23.2 Å². The maximum Gasteiger partial charge on any atom is 0.407 e. The second-order valence-corrected chi connectivity index (χ2v) is 7.40. The number of methoxy groups -OCH3 is 1. The van der Waals surface area contributed by atoms with Crippen molar-refractivity contribution >= 4 is 17.6 Å². The van der Waals surface area contributed by atoms with Crippen molar-refractivity contribution in [2.45, 2.75) is 39.7 Å². The van der Waals surface area contributed by atoms with Gasteiger partial charge < -0.3 is 20.5 Å². The molecule has 0 radical (unpaired) electrons. The Morgan fingerprint density at radius 2 is 2.00 bits per heavy atom. The van der Waals surface area contributed by atoms with Crippen LogP contribution in [-0.4, -0.2) is 41.6 Å². The van der Waals surface area contributed by atoms with Crippen LogP contribution in [0.4, 0.5) is 10.5 Å². The largest absolute Gasteiger partial charge is 0.495 e. The van der Waals surface area contributed by atoms with E-state index in [1.807, 2.05) is 20.8 Å². The minimum absolute atomic E-state index is 0.0209. The zero-order valence-corrected chi connectivity index (χ0v) is 14.7. The van der Waals surface area contributed by atoms with Crippen LogP contribution in [-0.2, 0) is 0 Å². The van der Waals surface area contributed by atoms with Crippen LogP contribution in [0.5, 0.6) is 5.75 Å². The molecule has 1 aromatic rings. The molecule has 2 unspecified atom stereocenters. The number of likely N-dealkylation sites (tertiary alicyclic amines) is 1. The van der Waals surface area contributed by atoms with E-state index in [1.165, 1.54) is 12.0 Å². The van der Waals surface area contributed by atoms with Gasteiger partial charge in [0.05, 0.1) is 12.8 Å². The van der Waals surface area contributed by atoms with E-state index >= 15 is 0 Å². The summed E-state index contributed by atoms with van der Waals surface area (Å²) in [6.45, 7) is 6.39. The Kier molecular flexibility index (Phi) is 5.06. The number of ketones is 1. The summed E-state index contributed by atoms with van der Waals surface area (Å²) >= 11 is 0. The number of hydrogen-bond donors (Lipinski definition) is 2. The van der Waals surface area contributed by atoms with Crippen molar-refractivity contribution in [2.75, 3.05) is 19.4 Å². The van der Waals surface area contributed by atoms with Gasteiger partial charge in [0.1, 0.15) is 5.75 Å². The van der Waals surface area contributed by atoms with Crippen molar-refractivity contribution < 1.29 is 19.4 Å². The van der Waals surface area contributed by atoms with E-state index < -0.39 is 6.09 Å². The van der Waals surface area contributed by atoms with Crippen LogP contribution >= 0.6 is 0 Å². The van der Waals surface area contributed by atoms with Crippen LogP contribution in [0.25, 0.3) is 0 Å². The monoisotopic (exact) mass is 334 g/mol. The lowest BCUT2D eigenvalue weighted by atomic mass is 9.75. The Bertz CT molecular complexity index is 636. The predicted octanol–water partition coefficient (Wildman–Crippen LogP) is 3.26. The molecular formula is C18H26N2O4. The molecule has 0 saturated carbocycles. The van der Waals surface area contributed by atoms with Crippen molar-refractivity contribution in [3.8, 4) is 5.75 Å². The number of ether oxygens (including phenoxy) is 1. The van der Waals surface area contributed by atoms with Gasteiger partial charge in [-0.15, -0.1) is 0 Å². The number of anilines is 1. The van der Waals surface area contributed by atoms with Gasteiger partial charge in [0.25, 0.3) is 0 Å². The van der Waals surface area contributed by atoms with Gasteiger partial charge >= 0.3 is 6.09 Å². The second-order valence-electron chi connectivity index (χ2n) is 7.40. The average Bonchev–Trinajstić information content (AvgIpc) is 2.53. The first-order valence-corrected chi connectivity index (χ1v) is 8.12. The van der Waals surface area contributed by atoms with Crippen LogP contribution < -0.4 is 10.5 Å². The topological polar surface area (TPSA) is 92.9 Å². The molecule has 24 heavy (non-hydrogen) atoms. The van der Waals surface area contributed by atoms with Gasteiger partial charge in [-0.3, -0.25) is 4.79 Å². The van der Waals surface area contributed by atoms with Crippen molar-refractivity contribution in [1.82, 2.24) is 4.90 Å². The molecule has 2 rings (SSSR count). The van der Waals surface area contributed by atoms with Gasteiger partial charge in [-0.05, 0) is 36.5 Å². The molecule has 0 aliphatic carbocycles. The zero-order valence-electron chi connectivity index (χ0n) is 14.7. The van der Waals surface area contributed by atoms with Gasteiger partial charge in [0.15, 0.2) is 5.78 Å². The number of benzene rings is 1. The van der Waals surface area contributed by atoms with Gasteiger partial charge in [0, 0.05) is 24.1 Å². The van der Waals surface area contributed by atoms with E-state index in [0.717, 1.165) is 0 Å². The highest BCUT2D eigenvalue weighted by molar-refractivity contribution is 5.98. The first kappa shape index (κ1) is 18.1. The van der Waals surface area contributed by atoms with E-state index in [1.54, 1.807) is 18.2 Å². The minimum Gasteiger partial charge on any atom is -0.495 e. The molecule has 1 saturated heterocycles. The van der Waals surface area contributed by atoms with Gasteiger partial charge in [-0.25, -0.2) is 4.79 Å². The lowest BCUT2D eigenvalue weighted by molar-refractivity contribution is 0.0377. The first-order chi connectivity index (χ1) is 11.1. The van der Waals surface area contributed by atoms with Crippen molar-refractivity contribution in [3.63, 3.8) is 0 Å². The number of carbonyl (C=O) groups excluding carboxylic acids is 1. The molecule has 0 spiro atoms. The van der Waals surface area contributed by atoms with Crippen LogP contribution in [0.1, 0.15) is 44.0 Å². The molecule has 0 aromatic heterocycles. The number of piperidine rings is 1. The molecule has 1 aliphatic rings. The molecule has 1 amide bonds. The maximum atomic E-state index is 12.9. The Morgan fingerprint density at radius 3 is 2.54 bits per heavy atom. The normalized spacial score (nSPS) is 21.4. The third-order valence-electron chi connectivity index (χ3n) is 4.74. The van der Waals surface area contributed by atoms with Gasteiger partial charge in [-0.1, -0.05) is 20.8 Å². The number of carbonyl (C=O) groups is 2. The molecule has 6 nitrogen and oxygen atoms in total. The summed E-state index contributed by atoms with van der Waals surface area (Å²) in [6, 6.07) is 4.84. The first-order valence-electron chi connectivity index (χ1n) is 8.12. The minimum atomic E-state index is -0.921. The number of hydrogen-bond acceptors (Lipinski definition) is 4. The number of nitrogens with zero attached hydrogens (tertiary/aromatic N) is 1. The summed E-state index contributed by atoms with van der Waals surface area (Å²) in [6.07, 6.45) is 0.140. The number of amides is 1. The fourth-order valence-corrected chi connectivity index (χ4v) is 3.35. The molecule has 3 N–H and O–H groups in total. The highest BCUT2D eigenvalue weighted by Gasteiger charge is 2.40. The molecule has 6 heteroatoms. The predicted molar refractivity (Wildman–Crippen MR) is 92.4 cm³/mol. The van der Waals surface area contributed by atoms with Crippen LogP contribution in [0.2, 0.25) is 0 Å². The summed E-state index contributed by atoms with van der Waals surface area (Å²) in [5.41, 5.74) is 6.62. The number of nitrogen functional groups attached to an aromatic ring is 1. The van der Waals surface area contributed by atoms with E-state index in [2.05, 4.69) is 0 Å². The highest BCUT2D eigenvalue weighted by Crippen LogP contribution is 2.36. The average molecular weight is 334 g/mol. The molecule has 0 bridgehead atoms. The summed E-state index contributed by atoms with van der Waals surface area (Å²) in [7, 11) is 1.51. The Morgan fingerprint density at radius 1 is 1.33 bits per heavy atom. The van der Waals surface area contributed by atoms with E-state index in [0.29, 0.717) is 36.4 Å². The third-order valence-corrected chi connectivity index (χ3v) is 4.74. The van der Waals surface area contributed by atoms with Crippen LogP contribution in [0, 0.1) is 11.3 Å². The van der Waals surface area contributed by atoms with Gasteiger partial charge in [-0.2, -0.15) is 0 Å². The quantitative estimate of drug-likeness (QED) is 0.654. The highest BCUT2D eigenvalue weighted by atomic mass is 16.5. The molecule has 132 valence electrons. The third kappa shape index (κ3) is 3.63. The van der Waals surface area contributed by atoms with Gasteiger partial charge in [0.2, 0.25) is 0 Å². The van der Waals surface area contributed by atoms with Crippen molar-refractivity contribution in [1.29, 1.82) is 0 Å². The fraction of sp³-hybridized carbons (Fsp3) is 0.556. The lowest BCUT2D eigenvalue weighted by Crippen LogP contribution is -2.52. The Hall–Kier alpha value is -2.24. The van der Waals surface area contributed by atoms with E-state index in [9.17, 15) is 14.7 Å². The van der Waals surface area contributed by atoms with Crippen molar-refractivity contribution in [3.05, 3.63) is 23.8 Å². The molecule has 1 aromatic carbocycles. The maximum absolute atomic E-state index is 12.9. The summed E-state index contributed by atoms with van der Waals surface area (Å²) in [4.78, 5) is 25.8. The molecule has 2 atom stereocenters. The van der Waals surface area contributed by atoms with Crippen LogP contribution in [0.15, 0.2) is 18.2 Å². The lowest BCUT2D eigenvalue weighted by Gasteiger charge is -2.44. The number of nitrogens with two attached hydrogens (primary N) is 1. The smallest absolute Gasteiger partial charge is 0.407 e. The van der Waals surface area contributed by atoms with Crippen molar-refractivity contribution in [2.24, 2.45) is 11.3 Å². The number of carboxylic acid groups (broad SMARTS) is 1. The molecule has 1 fully saturated rings. The van der Waals surface area contributed by atoms with Crippen LogP contribution in [0.3, 0.4) is 0 Å². The standard InChI is InChI=1S/C18H26N2O4/c1-18(2,3)15-10-12(7-8-20(15)17(22)23)16(21)11-5-6-13(19)14(9-11)24-4/h5-6,9,12,15H,7-8,10,19H2,1-4H3,(H,22,23). The summed E-state index contributed by atoms with van der Waals surface area (Å²) in [5.74, 6) is 0.307. The number of rotatable bonds is 3. The Labute approximate surface area is 142 Å². The summed E-state index contributed by atoms with van der Waals surface area (Å²) in [5, 5.41) is 9.42. The fourth-order valence-electron chi connectivity index (χ4n) is 3.35. The molecular weight excluding hydrogens is 308 g/mol. The zero-order chi connectivity index (χ0) is 18.1.